The third-order valence-electron chi connectivity index (χ3n) is 3.43. The average molecular weight is 269 g/mol. The maximum Gasteiger partial charge on any atom is 0.0701 e. The van der Waals surface area contributed by atoms with Crippen molar-refractivity contribution in [1.82, 2.24) is 0 Å². The van der Waals surface area contributed by atoms with Crippen LogP contribution >= 0.6 is 0 Å². The minimum Gasteiger partial charge on any atom is -0.392 e. The average Bonchev–Trinajstić information content (AvgIpc) is 2.47. The van der Waals surface area contributed by atoms with E-state index in [2.05, 4.69) is 43.4 Å². The van der Waals surface area contributed by atoms with Crippen LogP contribution in [0, 0.1) is 5.92 Å². The van der Waals surface area contributed by atoms with Crippen molar-refractivity contribution in [3.8, 4) is 0 Å². The van der Waals surface area contributed by atoms with E-state index in [4.69, 9.17) is 0 Å². The van der Waals surface area contributed by atoms with E-state index in [-0.39, 0.29) is 12.6 Å². The zero-order valence-electron chi connectivity index (χ0n) is 12.2. The first-order chi connectivity index (χ1) is 9.70. The molecular formula is C18H23NO. The maximum absolute atomic E-state index is 9.44. The van der Waals surface area contributed by atoms with E-state index in [1.54, 1.807) is 0 Å². The molecule has 0 saturated heterocycles. The molecule has 0 spiro atoms. The minimum absolute atomic E-state index is 0.0619. The van der Waals surface area contributed by atoms with Gasteiger partial charge < -0.3 is 10.4 Å². The minimum atomic E-state index is 0.0619. The molecule has 2 N–H and O–H groups in total. The Balaban J connectivity index is 2.24. The molecule has 2 aromatic rings. The Labute approximate surface area is 121 Å². The molecule has 0 bridgehead atoms. The summed E-state index contributed by atoms with van der Waals surface area (Å²) in [6, 6.07) is 18.7. The molecule has 2 aromatic carbocycles. The standard InChI is InChI=1S/C18H23NO/c1-14(2)12-18(15-8-4-3-5-9-15)19-17-11-7-6-10-16(17)13-20/h3-11,14,18-20H,12-13H2,1-2H3. The van der Waals surface area contributed by atoms with Gasteiger partial charge in [0.1, 0.15) is 0 Å². The van der Waals surface area contributed by atoms with Crippen molar-refractivity contribution in [2.75, 3.05) is 5.32 Å². The van der Waals surface area contributed by atoms with Crippen molar-refractivity contribution in [1.29, 1.82) is 0 Å². The fraction of sp³-hybridized carbons (Fsp3) is 0.333. The van der Waals surface area contributed by atoms with Gasteiger partial charge in [0.2, 0.25) is 0 Å². The maximum atomic E-state index is 9.44. The summed E-state index contributed by atoms with van der Waals surface area (Å²) >= 11 is 0. The molecule has 0 fully saturated rings. The van der Waals surface area contributed by atoms with Gasteiger partial charge in [0, 0.05) is 11.3 Å². The highest BCUT2D eigenvalue weighted by atomic mass is 16.3. The summed E-state index contributed by atoms with van der Waals surface area (Å²) in [5, 5.41) is 13.0. The van der Waals surface area contributed by atoms with Crippen LogP contribution in [0.2, 0.25) is 0 Å². The van der Waals surface area contributed by atoms with Gasteiger partial charge >= 0.3 is 0 Å². The van der Waals surface area contributed by atoms with Gasteiger partial charge in [-0.25, -0.2) is 0 Å². The number of nitrogens with one attached hydrogen (secondary N) is 1. The fourth-order valence-electron chi connectivity index (χ4n) is 2.42. The van der Waals surface area contributed by atoms with Crippen molar-refractivity contribution in [2.24, 2.45) is 5.92 Å². The summed E-state index contributed by atoms with van der Waals surface area (Å²) < 4.78 is 0. The number of aliphatic hydroxyl groups excluding tert-OH is 1. The number of aliphatic hydroxyl groups is 1. The zero-order valence-corrected chi connectivity index (χ0v) is 12.2. The monoisotopic (exact) mass is 269 g/mol. The Morgan fingerprint density at radius 1 is 0.950 bits per heavy atom. The Morgan fingerprint density at radius 3 is 2.25 bits per heavy atom. The molecule has 0 aromatic heterocycles. The molecule has 0 aliphatic carbocycles. The van der Waals surface area contributed by atoms with E-state index in [0.29, 0.717) is 5.92 Å². The first-order valence-electron chi connectivity index (χ1n) is 7.21. The summed E-state index contributed by atoms with van der Waals surface area (Å²) in [5.41, 5.74) is 3.25. The second-order valence-electron chi connectivity index (χ2n) is 5.55. The highest BCUT2D eigenvalue weighted by molar-refractivity contribution is 5.52. The SMILES string of the molecule is CC(C)CC(Nc1ccccc1CO)c1ccccc1. The highest BCUT2D eigenvalue weighted by Crippen LogP contribution is 2.27. The second-order valence-corrected chi connectivity index (χ2v) is 5.55. The van der Waals surface area contributed by atoms with E-state index in [9.17, 15) is 5.11 Å². The van der Waals surface area contributed by atoms with E-state index < -0.39 is 0 Å². The topological polar surface area (TPSA) is 32.3 Å². The van der Waals surface area contributed by atoms with Crippen LogP contribution in [0.3, 0.4) is 0 Å². The van der Waals surface area contributed by atoms with Crippen LogP contribution in [0.1, 0.15) is 37.4 Å². The molecule has 2 heteroatoms. The molecule has 106 valence electrons. The lowest BCUT2D eigenvalue weighted by molar-refractivity contribution is 0.282. The van der Waals surface area contributed by atoms with Gasteiger partial charge in [0.15, 0.2) is 0 Å². The van der Waals surface area contributed by atoms with Gasteiger partial charge in [-0.2, -0.15) is 0 Å². The molecule has 0 heterocycles. The Bertz CT molecular complexity index is 522. The van der Waals surface area contributed by atoms with E-state index in [0.717, 1.165) is 17.7 Å². The van der Waals surface area contributed by atoms with Crippen LogP contribution in [0.25, 0.3) is 0 Å². The van der Waals surface area contributed by atoms with Gasteiger partial charge in [-0.1, -0.05) is 62.4 Å². The third-order valence-corrected chi connectivity index (χ3v) is 3.43. The van der Waals surface area contributed by atoms with Crippen molar-refractivity contribution in [2.45, 2.75) is 32.9 Å². The quantitative estimate of drug-likeness (QED) is 0.815. The van der Waals surface area contributed by atoms with E-state index >= 15 is 0 Å². The first kappa shape index (κ1) is 14.6. The number of anilines is 1. The summed E-state index contributed by atoms with van der Waals surface area (Å²) in [6.07, 6.45) is 1.06. The molecule has 20 heavy (non-hydrogen) atoms. The van der Waals surface area contributed by atoms with Gasteiger partial charge in [0.25, 0.3) is 0 Å². The Kier molecular flexibility index (Phi) is 5.19. The Hall–Kier alpha value is -1.80. The molecule has 2 nitrogen and oxygen atoms in total. The molecule has 1 atom stereocenters. The van der Waals surface area contributed by atoms with Crippen LogP contribution < -0.4 is 5.32 Å². The van der Waals surface area contributed by atoms with Crippen molar-refractivity contribution < 1.29 is 5.11 Å². The normalized spacial score (nSPS) is 12.4. The van der Waals surface area contributed by atoms with Crippen LogP contribution in [0.15, 0.2) is 54.6 Å². The lowest BCUT2D eigenvalue weighted by Crippen LogP contribution is -2.14. The van der Waals surface area contributed by atoms with Gasteiger partial charge in [-0.3, -0.25) is 0 Å². The number of hydrogen-bond acceptors (Lipinski definition) is 2. The summed E-state index contributed by atoms with van der Waals surface area (Å²) in [6.45, 7) is 4.53. The summed E-state index contributed by atoms with van der Waals surface area (Å²) in [7, 11) is 0. The summed E-state index contributed by atoms with van der Waals surface area (Å²) in [4.78, 5) is 0. The van der Waals surface area contributed by atoms with Crippen LogP contribution in [-0.4, -0.2) is 5.11 Å². The number of para-hydroxylation sites is 1. The molecule has 0 saturated carbocycles. The number of hydrogen-bond donors (Lipinski definition) is 2. The van der Waals surface area contributed by atoms with Gasteiger partial charge in [-0.05, 0) is 24.0 Å². The van der Waals surface area contributed by atoms with Crippen molar-refractivity contribution >= 4 is 5.69 Å². The first-order valence-corrected chi connectivity index (χ1v) is 7.21. The third kappa shape index (κ3) is 3.84. The van der Waals surface area contributed by atoms with Crippen LogP contribution in [0.4, 0.5) is 5.69 Å². The largest absolute Gasteiger partial charge is 0.392 e. The van der Waals surface area contributed by atoms with Crippen molar-refractivity contribution in [3.63, 3.8) is 0 Å². The predicted octanol–water partition coefficient (Wildman–Crippen LogP) is 4.38. The zero-order chi connectivity index (χ0) is 14.4. The summed E-state index contributed by atoms with van der Waals surface area (Å²) in [5.74, 6) is 0.606. The molecule has 0 amide bonds. The molecular weight excluding hydrogens is 246 g/mol. The molecule has 2 rings (SSSR count). The molecule has 1 unspecified atom stereocenters. The number of benzene rings is 2. The number of rotatable bonds is 6. The lowest BCUT2D eigenvalue weighted by atomic mass is 9.96. The van der Waals surface area contributed by atoms with Gasteiger partial charge in [-0.15, -0.1) is 0 Å². The van der Waals surface area contributed by atoms with Crippen LogP contribution in [0.5, 0.6) is 0 Å². The van der Waals surface area contributed by atoms with Crippen LogP contribution in [-0.2, 0) is 6.61 Å². The van der Waals surface area contributed by atoms with E-state index in [1.165, 1.54) is 5.56 Å². The fourth-order valence-corrected chi connectivity index (χ4v) is 2.42. The molecule has 0 radical (unpaired) electrons. The second kappa shape index (κ2) is 7.11. The lowest BCUT2D eigenvalue weighted by Gasteiger charge is -2.23. The van der Waals surface area contributed by atoms with Gasteiger partial charge in [0.05, 0.1) is 12.6 Å². The van der Waals surface area contributed by atoms with Crippen molar-refractivity contribution in [3.05, 3.63) is 65.7 Å². The Morgan fingerprint density at radius 2 is 1.60 bits per heavy atom. The van der Waals surface area contributed by atoms with E-state index in [1.807, 2.05) is 30.3 Å². The smallest absolute Gasteiger partial charge is 0.0701 e. The predicted molar refractivity (Wildman–Crippen MR) is 84.6 cm³/mol. The highest BCUT2D eigenvalue weighted by Gasteiger charge is 2.14. The molecule has 0 aliphatic heterocycles. The molecule has 0 aliphatic rings.